The Balaban J connectivity index is 1.81. The second-order valence-electron chi connectivity index (χ2n) is 7.06. The van der Waals surface area contributed by atoms with Crippen LogP contribution in [-0.4, -0.2) is 6.54 Å². The number of rotatable bonds is 2. The van der Waals surface area contributed by atoms with E-state index in [1.165, 1.54) is 49.7 Å². The van der Waals surface area contributed by atoms with Gasteiger partial charge in [-0.1, -0.05) is 43.5 Å². The van der Waals surface area contributed by atoms with Crippen molar-refractivity contribution in [3.63, 3.8) is 0 Å². The molecule has 1 nitrogen and oxygen atoms in total. The SMILES string of the molecule is CC1CCC(c2ccc(C3(C)CCCN3)cc2Cl)CC1. The molecule has 110 valence electrons. The first-order valence-corrected chi connectivity index (χ1v) is 8.51. The number of hydrogen-bond acceptors (Lipinski definition) is 1. The van der Waals surface area contributed by atoms with Crippen molar-refractivity contribution in [1.82, 2.24) is 5.32 Å². The minimum atomic E-state index is 0.128. The molecule has 1 aromatic rings. The van der Waals surface area contributed by atoms with Crippen LogP contribution in [0.25, 0.3) is 0 Å². The van der Waals surface area contributed by atoms with Crippen molar-refractivity contribution in [2.75, 3.05) is 6.54 Å². The van der Waals surface area contributed by atoms with Gasteiger partial charge in [0.1, 0.15) is 0 Å². The average Bonchev–Trinajstić information content (AvgIpc) is 2.88. The van der Waals surface area contributed by atoms with Gasteiger partial charge in [-0.15, -0.1) is 0 Å². The van der Waals surface area contributed by atoms with E-state index in [4.69, 9.17) is 11.6 Å². The second-order valence-corrected chi connectivity index (χ2v) is 7.46. The van der Waals surface area contributed by atoms with Crippen LogP contribution in [0, 0.1) is 5.92 Å². The van der Waals surface area contributed by atoms with Crippen LogP contribution in [-0.2, 0) is 5.54 Å². The summed E-state index contributed by atoms with van der Waals surface area (Å²) in [4.78, 5) is 0. The van der Waals surface area contributed by atoms with Gasteiger partial charge >= 0.3 is 0 Å². The first-order valence-electron chi connectivity index (χ1n) is 8.13. The molecule has 0 aromatic heterocycles. The minimum absolute atomic E-state index is 0.128. The third-order valence-corrected chi connectivity index (χ3v) is 5.79. The molecule has 1 N–H and O–H groups in total. The Kier molecular flexibility index (Phi) is 4.10. The van der Waals surface area contributed by atoms with Crippen molar-refractivity contribution < 1.29 is 0 Å². The first-order chi connectivity index (χ1) is 9.58. The molecule has 2 fully saturated rings. The summed E-state index contributed by atoms with van der Waals surface area (Å²) in [5, 5.41) is 4.61. The predicted molar refractivity (Wildman–Crippen MR) is 86.4 cm³/mol. The summed E-state index contributed by atoms with van der Waals surface area (Å²) in [5.41, 5.74) is 2.86. The largest absolute Gasteiger partial charge is 0.308 e. The van der Waals surface area contributed by atoms with E-state index in [0.29, 0.717) is 5.92 Å². The topological polar surface area (TPSA) is 12.0 Å². The summed E-state index contributed by atoms with van der Waals surface area (Å²) in [6, 6.07) is 6.81. The van der Waals surface area contributed by atoms with Crippen LogP contribution in [0.2, 0.25) is 5.02 Å². The van der Waals surface area contributed by atoms with Crippen LogP contribution in [0.5, 0.6) is 0 Å². The predicted octanol–water partition coefficient (Wildman–Crippen LogP) is 5.23. The van der Waals surface area contributed by atoms with Crippen LogP contribution in [0.4, 0.5) is 0 Å². The Morgan fingerprint density at radius 1 is 1.20 bits per heavy atom. The van der Waals surface area contributed by atoms with Crippen LogP contribution in [0.3, 0.4) is 0 Å². The fraction of sp³-hybridized carbons (Fsp3) is 0.667. The van der Waals surface area contributed by atoms with Crippen molar-refractivity contribution in [3.05, 3.63) is 34.3 Å². The molecular formula is C18H26ClN. The standard InChI is InChI=1S/C18H26ClN/c1-13-4-6-14(7-5-13)16-9-8-15(12-17(16)19)18(2)10-3-11-20-18/h8-9,12-14,20H,3-7,10-11H2,1-2H3. The summed E-state index contributed by atoms with van der Waals surface area (Å²) in [5.74, 6) is 1.57. The molecule has 1 saturated heterocycles. The zero-order valence-corrected chi connectivity index (χ0v) is 13.5. The van der Waals surface area contributed by atoms with E-state index in [2.05, 4.69) is 37.4 Å². The van der Waals surface area contributed by atoms with Gasteiger partial charge in [0.05, 0.1) is 0 Å². The molecule has 1 saturated carbocycles. The third-order valence-electron chi connectivity index (χ3n) is 5.46. The number of hydrogen-bond donors (Lipinski definition) is 1. The maximum Gasteiger partial charge on any atom is 0.0444 e. The quantitative estimate of drug-likeness (QED) is 0.786. The summed E-state index contributed by atoms with van der Waals surface area (Å²) in [6.45, 7) is 5.79. The lowest BCUT2D eigenvalue weighted by atomic mass is 9.78. The summed E-state index contributed by atoms with van der Waals surface area (Å²) in [6.07, 6.45) is 7.77. The van der Waals surface area contributed by atoms with Gasteiger partial charge in [-0.25, -0.2) is 0 Å². The molecule has 0 radical (unpaired) electrons. The van der Waals surface area contributed by atoms with Crippen molar-refractivity contribution in [2.24, 2.45) is 5.92 Å². The van der Waals surface area contributed by atoms with Crippen molar-refractivity contribution >= 4 is 11.6 Å². The van der Waals surface area contributed by atoms with E-state index in [1.54, 1.807) is 0 Å². The maximum absolute atomic E-state index is 6.61. The van der Waals surface area contributed by atoms with Gasteiger partial charge in [-0.05, 0) is 68.2 Å². The summed E-state index contributed by atoms with van der Waals surface area (Å²) < 4.78 is 0. The second kappa shape index (κ2) is 5.69. The zero-order chi connectivity index (χ0) is 14.2. The van der Waals surface area contributed by atoms with Crippen LogP contribution in [0.1, 0.15) is 69.4 Å². The third kappa shape index (κ3) is 2.76. The first kappa shape index (κ1) is 14.4. The lowest BCUT2D eigenvalue weighted by Gasteiger charge is -2.29. The van der Waals surface area contributed by atoms with E-state index in [1.807, 2.05) is 0 Å². The molecule has 1 aliphatic carbocycles. The van der Waals surface area contributed by atoms with Gasteiger partial charge in [0.25, 0.3) is 0 Å². The molecule has 0 spiro atoms. The number of nitrogens with one attached hydrogen (secondary N) is 1. The Hall–Kier alpha value is -0.530. The van der Waals surface area contributed by atoms with Crippen LogP contribution < -0.4 is 5.32 Å². The molecule has 3 rings (SSSR count). The normalized spacial score (nSPS) is 34.4. The number of benzene rings is 1. The van der Waals surface area contributed by atoms with Crippen LogP contribution >= 0.6 is 11.6 Å². The Morgan fingerprint density at radius 2 is 1.95 bits per heavy atom. The van der Waals surface area contributed by atoms with Gasteiger partial charge in [0, 0.05) is 10.6 Å². The molecular weight excluding hydrogens is 266 g/mol. The van der Waals surface area contributed by atoms with Gasteiger partial charge in [-0.2, -0.15) is 0 Å². The Morgan fingerprint density at radius 3 is 2.55 bits per heavy atom. The van der Waals surface area contributed by atoms with Gasteiger partial charge < -0.3 is 5.32 Å². The van der Waals surface area contributed by atoms with Crippen molar-refractivity contribution in [1.29, 1.82) is 0 Å². The molecule has 1 heterocycles. The molecule has 0 amide bonds. The highest BCUT2D eigenvalue weighted by Crippen LogP contribution is 2.40. The van der Waals surface area contributed by atoms with E-state index in [9.17, 15) is 0 Å². The summed E-state index contributed by atoms with van der Waals surface area (Å²) >= 11 is 6.61. The fourth-order valence-electron chi connectivity index (χ4n) is 3.91. The van der Waals surface area contributed by atoms with E-state index >= 15 is 0 Å². The Labute approximate surface area is 128 Å². The molecule has 1 unspecified atom stereocenters. The highest BCUT2D eigenvalue weighted by molar-refractivity contribution is 6.31. The highest BCUT2D eigenvalue weighted by Gasteiger charge is 2.31. The van der Waals surface area contributed by atoms with Gasteiger partial charge in [0.15, 0.2) is 0 Å². The smallest absolute Gasteiger partial charge is 0.0444 e. The highest BCUT2D eigenvalue weighted by atomic mass is 35.5. The van der Waals surface area contributed by atoms with Gasteiger partial charge in [0.2, 0.25) is 0 Å². The average molecular weight is 292 g/mol. The monoisotopic (exact) mass is 291 g/mol. The minimum Gasteiger partial charge on any atom is -0.308 e. The van der Waals surface area contributed by atoms with E-state index in [0.717, 1.165) is 17.5 Å². The van der Waals surface area contributed by atoms with Crippen molar-refractivity contribution in [2.45, 2.75) is 63.8 Å². The summed E-state index contributed by atoms with van der Waals surface area (Å²) in [7, 11) is 0. The van der Waals surface area contributed by atoms with Gasteiger partial charge in [-0.3, -0.25) is 0 Å². The molecule has 2 aliphatic rings. The fourth-order valence-corrected chi connectivity index (χ4v) is 4.25. The lowest BCUT2D eigenvalue weighted by molar-refractivity contribution is 0.348. The Bertz CT molecular complexity index is 468. The number of halogens is 1. The molecule has 0 bridgehead atoms. The molecule has 1 aromatic carbocycles. The van der Waals surface area contributed by atoms with Crippen molar-refractivity contribution in [3.8, 4) is 0 Å². The molecule has 20 heavy (non-hydrogen) atoms. The lowest BCUT2D eigenvalue weighted by Crippen LogP contribution is -2.33. The molecule has 1 atom stereocenters. The molecule has 2 heteroatoms. The van der Waals surface area contributed by atoms with E-state index < -0.39 is 0 Å². The van der Waals surface area contributed by atoms with E-state index in [-0.39, 0.29) is 5.54 Å². The molecule has 1 aliphatic heterocycles. The zero-order valence-electron chi connectivity index (χ0n) is 12.7. The van der Waals surface area contributed by atoms with Crippen LogP contribution in [0.15, 0.2) is 18.2 Å². The maximum atomic E-state index is 6.61.